The van der Waals surface area contributed by atoms with Crippen molar-refractivity contribution in [3.8, 4) is 0 Å². The van der Waals surface area contributed by atoms with E-state index in [9.17, 15) is 4.21 Å². The second kappa shape index (κ2) is 5.23. The lowest BCUT2D eigenvalue weighted by Crippen LogP contribution is -2.44. The van der Waals surface area contributed by atoms with Gasteiger partial charge < -0.3 is 23.7 Å². The number of hydrogen-bond donors (Lipinski definition) is 0. The van der Waals surface area contributed by atoms with Crippen LogP contribution < -0.4 is 0 Å². The average molecular weight is 322 g/mol. The van der Waals surface area contributed by atoms with Crippen molar-refractivity contribution in [2.24, 2.45) is 0 Å². The van der Waals surface area contributed by atoms with Crippen molar-refractivity contribution >= 4 is 11.1 Å². The second-order valence-electron chi connectivity index (χ2n) is 6.40. The van der Waals surface area contributed by atoms with Gasteiger partial charge in [0.15, 0.2) is 28.9 Å². The molecular weight excluding hydrogens is 300 g/mol. The fourth-order valence-corrected chi connectivity index (χ4v) is 3.48. The smallest absolute Gasteiger partial charge is 0.190 e. The van der Waals surface area contributed by atoms with E-state index >= 15 is 0 Å². The third-order valence-corrected chi connectivity index (χ3v) is 4.16. The first-order valence-corrected chi connectivity index (χ1v) is 8.49. The first-order valence-electron chi connectivity index (χ1n) is 7.00. The van der Waals surface area contributed by atoms with E-state index in [0.717, 1.165) is 0 Å². The van der Waals surface area contributed by atoms with Crippen molar-refractivity contribution < 1.29 is 32.1 Å². The highest BCUT2D eigenvalue weighted by atomic mass is 32.2. The number of fused-ring (bicyclic) bond motifs is 1. The Bertz CT molecular complexity index is 438. The van der Waals surface area contributed by atoms with Gasteiger partial charge in [0, 0.05) is 6.26 Å². The van der Waals surface area contributed by atoms with Crippen molar-refractivity contribution in [1.82, 2.24) is 0 Å². The zero-order valence-corrected chi connectivity index (χ0v) is 13.7. The molecule has 6 atom stereocenters. The molecule has 0 aromatic heterocycles. The van der Waals surface area contributed by atoms with Crippen LogP contribution in [-0.4, -0.2) is 59.4 Å². The van der Waals surface area contributed by atoms with E-state index in [1.807, 2.05) is 27.7 Å². The van der Waals surface area contributed by atoms with Gasteiger partial charge in [0.05, 0.1) is 6.61 Å². The van der Waals surface area contributed by atoms with Crippen LogP contribution in [-0.2, 0) is 38.9 Å². The summed E-state index contributed by atoms with van der Waals surface area (Å²) in [7, 11) is 0. The second-order valence-corrected chi connectivity index (χ2v) is 7.39. The number of hydrogen-bond acceptors (Lipinski definition) is 7. The maximum atomic E-state index is 11.5. The van der Waals surface area contributed by atoms with Crippen LogP contribution >= 0.6 is 0 Å². The quantitative estimate of drug-likeness (QED) is 0.757. The zero-order valence-electron chi connectivity index (χ0n) is 12.9. The molecule has 3 fully saturated rings. The molecule has 0 saturated carbocycles. The van der Waals surface area contributed by atoms with Crippen LogP contribution in [0.4, 0.5) is 0 Å². The summed E-state index contributed by atoms with van der Waals surface area (Å²) in [6.07, 6.45) is -0.783. The van der Waals surface area contributed by atoms with Crippen molar-refractivity contribution in [1.29, 1.82) is 0 Å². The predicted molar refractivity (Wildman–Crippen MR) is 72.5 cm³/mol. The molecule has 0 N–H and O–H groups in total. The van der Waals surface area contributed by atoms with Crippen LogP contribution in [0.2, 0.25) is 0 Å². The highest BCUT2D eigenvalue weighted by Crippen LogP contribution is 2.42. The van der Waals surface area contributed by atoms with Gasteiger partial charge in [-0.05, 0) is 27.7 Å². The van der Waals surface area contributed by atoms with E-state index in [1.54, 1.807) is 0 Å². The van der Waals surface area contributed by atoms with E-state index in [4.69, 9.17) is 27.9 Å². The van der Waals surface area contributed by atoms with Crippen LogP contribution in [0.3, 0.4) is 0 Å². The predicted octanol–water partition coefficient (Wildman–Crippen LogP) is 0.693. The zero-order chi connectivity index (χ0) is 15.4. The Morgan fingerprint density at radius 2 is 1.76 bits per heavy atom. The lowest BCUT2D eigenvalue weighted by atomic mass is 10.1. The summed E-state index contributed by atoms with van der Waals surface area (Å²) in [5.74, 6) is -1.41. The topological polar surface area (TPSA) is 72.5 Å². The van der Waals surface area contributed by atoms with E-state index in [0.29, 0.717) is 6.61 Å². The molecule has 3 heterocycles. The Hall–Kier alpha value is -0.0900. The monoisotopic (exact) mass is 322 g/mol. The molecule has 0 amide bonds. The Morgan fingerprint density at radius 1 is 1.05 bits per heavy atom. The van der Waals surface area contributed by atoms with Gasteiger partial charge in [-0.1, -0.05) is 0 Å². The van der Waals surface area contributed by atoms with Crippen molar-refractivity contribution in [2.45, 2.75) is 70.0 Å². The molecule has 0 radical (unpaired) electrons. The Kier molecular flexibility index (Phi) is 3.93. The van der Waals surface area contributed by atoms with Gasteiger partial charge in [0.25, 0.3) is 0 Å². The average Bonchev–Trinajstić information content (AvgIpc) is 2.90. The van der Waals surface area contributed by atoms with Gasteiger partial charge in [0.1, 0.15) is 24.4 Å². The summed E-state index contributed by atoms with van der Waals surface area (Å²) in [4.78, 5) is 0. The van der Waals surface area contributed by atoms with Crippen molar-refractivity contribution in [3.05, 3.63) is 0 Å². The standard InChI is InChI=1S/C13H22O7S/c1-12(2)15-6-7(17-12)8-9(20-21(5)14)10-11(16-8)19-13(3,4)18-10/h7-11H,6H2,1-5H3/t7-,8-,9+,10-,11-,21-/m1/s1. The normalized spacial score (nSPS) is 45.7. The molecule has 3 saturated heterocycles. The fraction of sp³-hybridized carbons (Fsp3) is 1.00. The van der Waals surface area contributed by atoms with Crippen LogP contribution in [0.25, 0.3) is 0 Å². The van der Waals surface area contributed by atoms with Gasteiger partial charge in [-0.25, -0.2) is 4.21 Å². The third kappa shape index (κ3) is 3.17. The Balaban J connectivity index is 1.77. The highest BCUT2D eigenvalue weighted by Gasteiger charge is 2.59. The lowest BCUT2D eigenvalue weighted by molar-refractivity contribution is -0.230. The maximum Gasteiger partial charge on any atom is 0.190 e. The first kappa shape index (κ1) is 15.8. The molecule has 3 aliphatic rings. The fourth-order valence-electron chi connectivity index (χ4n) is 2.95. The molecule has 7 nitrogen and oxygen atoms in total. The SMILES string of the molecule is C[S@](=O)O[C@@H]1[C@H]2OC(C)(C)O[C@H]2O[C@@H]1[C@H]1COC(C)(C)O1. The minimum Gasteiger partial charge on any atom is -0.348 e. The maximum absolute atomic E-state index is 11.5. The van der Waals surface area contributed by atoms with Crippen LogP contribution in [0.15, 0.2) is 0 Å². The summed E-state index contributed by atoms with van der Waals surface area (Å²) in [6.45, 7) is 7.68. The summed E-state index contributed by atoms with van der Waals surface area (Å²) >= 11 is -1.44. The van der Waals surface area contributed by atoms with Gasteiger partial charge in [-0.15, -0.1) is 0 Å². The number of rotatable bonds is 3. The minimum atomic E-state index is -1.44. The summed E-state index contributed by atoms with van der Waals surface area (Å²) in [5, 5.41) is 0. The van der Waals surface area contributed by atoms with E-state index in [1.165, 1.54) is 6.26 Å². The van der Waals surface area contributed by atoms with Crippen molar-refractivity contribution in [2.75, 3.05) is 12.9 Å². The van der Waals surface area contributed by atoms with Crippen LogP contribution in [0, 0.1) is 0 Å². The van der Waals surface area contributed by atoms with Gasteiger partial charge in [0.2, 0.25) is 0 Å². The Labute approximate surface area is 126 Å². The van der Waals surface area contributed by atoms with Crippen molar-refractivity contribution in [3.63, 3.8) is 0 Å². The molecule has 0 aromatic rings. The molecule has 122 valence electrons. The van der Waals surface area contributed by atoms with Crippen LogP contribution in [0.1, 0.15) is 27.7 Å². The number of ether oxygens (including phenoxy) is 5. The molecule has 0 bridgehead atoms. The van der Waals surface area contributed by atoms with Gasteiger partial charge >= 0.3 is 0 Å². The molecule has 0 unspecified atom stereocenters. The summed E-state index contributed by atoms with van der Waals surface area (Å²) in [6, 6.07) is 0. The summed E-state index contributed by atoms with van der Waals surface area (Å²) < 4.78 is 45.8. The molecule has 0 aliphatic carbocycles. The molecule has 0 spiro atoms. The third-order valence-electron chi connectivity index (χ3n) is 3.67. The van der Waals surface area contributed by atoms with Gasteiger partial charge in [-0.2, -0.15) is 0 Å². The molecule has 3 rings (SSSR count). The Morgan fingerprint density at radius 3 is 2.33 bits per heavy atom. The van der Waals surface area contributed by atoms with E-state index in [2.05, 4.69) is 0 Å². The van der Waals surface area contributed by atoms with Crippen LogP contribution in [0.5, 0.6) is 0 Å². The van der Waals surface area contributed by atoms with Gasteiger partial charge in [-0.3, -0.25) is 4.18 Å². The van der Waals surface area contributed by atoms with E-state index in [-0.39, 0.29) is 6.10 Å². The first-order chi connectivity index (χ1) is 9.67. The highest BCUT2D eigenvalue weighted by molar-refractivity contribution is 7.79. The van der Waals surface area contributed by atoms with E-state index < -0.39 is 47.3 Å². The largest absolute Gasteiger partial charge is 0.348 e. The summed E-state index contributed by atoms with van der Waals surface area (Å²) in [5.41, 5.74) is 0. The molecular formula is C13H22O7S. The minimum absolute atomic E-state index is 0.311. The molecule has 8 heteroatoms. The lowest BCUT2D eigenvalue weighted by Gasteiger charge is -2.28. The molecule has 3 aliphatic heterocycles. The molecule has 21 heavy (non-hydrogen) atoms. The molecule has 0 aromatic carbocycles.